The molecule has 0 aromatic heterocycles. The zero-order valence-corrected chi connectivity index (χ0v) is 11.6. The number of rotatable bonds is 6. The highest BCUT2D eigenvalue weighted by Gasteiger charge is 2.07. The summed E-state index contributed by atoms with van der Waals surface area (Å²) in [6, 6.07) is 7.50. The summed E-state index contributed by atoms with van der Waals surface area (Å²) in [5.74, 6) is 0. The first-order valence-corrected chi connectivity index (χ1v) is 6.93. The largest absolute Gasteiger partial charge is 0.396 e. The molecule has 1 aromatic carbocycles. The SMILES string of the molecule is CC(C)Sc1ccccc1NC(=O)NCCCO. The Morgan fingerprint density at radius 2 is 2.11 bits per heavy atom. The zero-order valence-electron chi connectivity index (χ0n) is 10.8. The summed E-state index contributed by atoms with van der Waals surface area (Å²) >= 11 is 1.71. The van der Waals surface area contributed by atoms with E-state index in [1.165, 1.54) is 0 Å². The van der Waals surface area contributed by atoms with E-state index in [2.05, 4.69) is 24.5 Å². The predicted octanol–water partition coefficient (Wildman–Crippen LogP) is 2.69. The summed E-state index contributed by atoms with van der Waals surface area (Å²) in [7, 11) is 0. The maximum absolute atomic E-state index is 11.6. The van der Waals surface area contributed by atoms with Crippen molar-refractivity contribution in [2.24, 2.45) is 0 Å². The molecule has 0 fully saturated rings. The minimum Gasteiger partial charge on any atom is -0.396 e. The fourth-order valence-corrected chi connectivity index (χ4v) is 2.29. The molecule has 0 aliphatic heterocycles. The van der Waals surface area contributed by atoms with Crippen LogP contribution < -0.4 is 10.6 Å². The van der Waals surface area contributed by atoms with Gasteiger partial charge in [-0.25, -0.2) is 4.79 Å². The Morgan fingerprint density at radius 3 is 2.78 bits per heavy atom. The molecule has 5 heteroatoms. The number of amides is 2. The molecular weight excluding hydrogens is 248 g/mol. The normalized spacial score (nSPS) is 10.4. The van der Waals surface area contributed by atoms with Crippen molar-refractivity contribution in [1.82, 2.24) is 5.32 Å². The molecule has 0 saturated carbocycles. The molecule has 1 aromatic rings. The number of benzene rings is 1. The molecule has 0 heterocycles. The zero-order chi connectivity index (χ0) is 13.4. The lowest BCUT2D eigenvalue weighted by Gasteiger charge is -2.12. The first-order valence-electron chi connectivity index (χ1n) is 6.05. The third kappa shape index (κ3) is 5.42. The highest BCUT2D eigenvalue weighted by atomic mass is 32.2. The number of hydrogen-bond acceptors (Lipinski definition) is 3. The van der Waals surface area contributed by atoms with E-state index in [0.29, 0.717) is 18.2 Å². The smallest absolute Gasteiger partial charge is 0.319 e. The van der Waals surface area contributed by atoms with Crippen molar-refractivity contribution in [1.29, 1.82) is 0 Å². The minimum absolute atomic E-state index is 0.0834. The van der Waals surface area contributed by atoms with Gasteiger partial charge < -0.3 is 15.7 Å². The van der Waals surface area contributed by atoms with Gasteiger partial charge in [-0.3, -0.25) is 0 Å². The number of aliphatic hydroxyl groups is 1. The van der Waals surface area contributed by atoms with Crippen molar-refractivity contribution in [3.05, 3.63) is 24.3 Å². The van der Waals surface area contributed by atoms with Gasteiger partial charge in [-0.15, -0.1) is 11.8 Å². The Morgan fingerprint density at radius 1 is 1.39 bits per heavy atom. The molecule has 4 nitrogen and oxygen atoms in total. The van der Waals surface area contributed by atoms with E-state index in [1.807, 2.05) is 24.3 Å². The number of hydrogen-bond donors (Lipinski definition) is 3. The Kier molecular flexibility index (Phi) is 6.60. The lowest BCUT2D eigenvalue weighted by Crippen LogP contribution is -2.30. The molecule has 100 valence electrons. The predicted molar refractivity (Wildman–Crippen MR) is 76.2 cm³/mol. The fraction of sp³-hybridized carbons (Fsp3) is 0.462. The van der Waals surface area contributed by atoms with Crippen molar-refractivity contribution in [3.8, 4) is 0 Å². The van der Waals surface area contributed by atoms with E-state index in [9.17, 15) is 4.79 Å². The van der Waals surface area contributed by atoms with Crippen molar-refractivity contribution in [3.63, 3.8) is 0 Å². The van der Waals surface area contributed by atoms with E-state index in [1.54, 1.807) is 11.8 Å². The van der Waals surface area contributed by atoms with Crippen molar-refractivity contribution in [2.75, 3.05) is 18.5 Å². The Bertz CT molecular complexity index is 383. The average Bonchev–Trinajstić information content (AvgIpc) is 2.31. The number of carbonyl (C=O) groups is 1. The van der Waals surface area contributed by atoms with Gasteiger partial charge in [-0.05, 0) is 18.6 Å². The highest BCUT2D eigenvalue weighted by molar-refractivity contribution is 8.00. The first kappa shape index (κ1) is 14.9. The summed E-state index contributed by atoms with van der Waals surface area (Å²) in [4.78, 5) is 12.7. The summed E-state index contributed by atoms with van der Waals surface area (Å²) in [6.45, 7) is 4.79. The third-order valence-corrected chi connectivity index (χ3v) is 3.20. The van der Waals surface area contributed by atoms with E-state index in [4.69, 9.17) is 5.11 Å². The number of anilines is 1. The summed E-state index contributed by atoms with van der Waals surface area (Å²) in [5.41, 5.74) is 0.817. The van der Waals surface area contributed by atoms with Crippen LogP contribution in [0.25, 0.3) is 0 Å². The van der Waals surface area contributed by atoms with Gasteiger partial charge in [0.2, 0.25) is 0 Å². The molecule has 0 atom stereocenters. The summed E-state index contributed by atoms with van der Waals surface area (Å²) in [5, 5.41) is 14.6. The van der Waals surface area contributed by atoms with Crippen LogP contribution in [0, 0.1) is 0 Å². The average molecular weight is 268 g/mol. The second-order valence-electron chi connectivity index (χ2n) is 4.12. The molecule has 0 saturated heterocycles. The van der Waals surface area contributed by atoms with E-state index in [0.717, 1.165) is 10.6 Å². The number of aliphatic hydroxyl groups excluding tert-OH is 1. The quantitative estimate of drug-likeness (QED) is 0.549. The van der Waals surface area contributed by atoms with Gasteiger partial charge in [0.25, 0.3) is 0 Å². The van der Waals surface area contributed by atoms with Crippen molar-refractivity contribution in [2.45, 2.75) is 30.4 Å². The Hall–Kier alpha value is -1.20. The molecule has 0 aliphatic carbocycles. The lowest BCUT2D eigenvalue weighted by atomic mass is 10.3. The molecule has 0 unspecified atom stereocenters. The van der Waals surface area contributed by atoms with Crippen LogP contribution in [-0.2, 0) is 0 Å². The summed E-state index contributed by atoms with van der Waals surface area (Å²) in [6.07, 6.45) is 0.565. The van der Waals surface area contributed by atoms with Gasteiger partial charge in [-0.1, -0.05) is 26.0 Å². The molecule has 18 heavy (non-hydrogen) atoms. The Balaban J connectivity index is 2.57. The van der Waals surface area contributed by atoms with E-state index in [-0.39, 0.29) is 12.6 Å². The van der Waals surface area contributed by atoms with Crippen LogP contribution in [0.3, 0.4) is 0 Å². The highest BCUT2D eigenvalue weighted by Crippen LogP contribution is 2.29. The molecule has 0 aliphatic rings. The molecular formula is C13H20N2O2S. The molecule has 2 amide bonds. The number of carbonyl (C=O) groups excluding carboxylic acids is 1. The first-order chi connectivity index (χ1) is 8.63. The van der Waals surface area contributed by atoms with Gasteiger partial charge in [0.15, 0.2) is 0 Å². The molecule has 0 bridgehead atoms. The van der Waals surface area contributed by atoms with Crippen LogP contribution >= 0.6 is 11.8 Å². The van der Waals surface area contributed by atoms with Crippen LogP contribution in [0.2, 0.25) is 0 Å². The van der Waals surface area contributed by atoms with Crippen LogP contribution in [0.5, 0.6) is 0 Å². The van der Waals surface area contributed by atoms with Crippen LogP contribution in [0.1, 0.15) is 20.3 Å². The minimum atomic E-state index is -0.236. The second kappa shape index (κ2) is 8.00. The van der Waals surface area contributed by atoms with Crippen LogP contribution in [-0.4, -0.2) is 29.5 Å². The number of urea groups is 1. The molecule has 1 rings (SSSR count). The molecule has 0 radical (unpaired) electrons. The molecule has 3 N–H and O–H groups in total. The maximum Gasteiger partial charge on any atom is 0.319 e. The number of thioether (sulfide) groups is 1. The van der Waals surface area contributed by atoms with Gasteiger partial charge in [0, 0.05) is 23.3 Å². The van der Waals surface area contributed by atoms with Crippen LogP contribution in [0.4, 0.5) is 10.5 Å². The van der Waals surface area contributed by atoms with Crippen LogP contribution in [0.15, 0.2) is 29.2 Å². The van der Waals surface area contributed by atoms with E-state index < -0.39 is 0 Å². The Labute approximate surface area is 112 Å². The third-order valence-electron chi connectivity index (χ3n) is 2.12. The van der Waals surface area contributed by atoms with Crippen molar-refractivity contribution < 1.29 is 9.90 Å². The monoisotopic (exact) mass is 268 g/mol. The standard InChI is InChI=1S/C13H20N2O2S/c1-10(2)18-12-7-4-3-6-11(12)15-13(17)14-8-5-9-16/h3-4,6-7,10,16H,5,8-9H2,1-2H3,(H2,14,15,17). The summed E-state index contributed by atoms with van der Waals surface area (Å²) < 4.78 is 0. The topological polar surface area (TPSA) is 61.4 Å². The molecule has 0 spiro atoms. The maximum atomic E-state index is 11.6. The lowest BCUT2D eigenvalue weighted by molar-refractivity contribution is 0.249. The van der Waals surface area contributed by atoms with Crippen molar-refractivity contribution >= 4 is 23.5 Å². The number of nitrogens with one attached hydrogen (secondary N) is 2. The van der Waals surface area contributed by atoms with Gasteiger partial charge in [0.1, 0.15) is 0 Å². The van der Waals surface area contributed by atoms with Gasteiger partial charge in [-0.2, -0.15) is 0 Å². The van der Waals surface area contributed by atoms with Gasteiger partial charge in [0.05, 0.1) is 5.69 Å². The van der Waals surface area contributed by atoms with E-state index >= 15 is 0 Å². The second-order valence-corrected chi connectivity index (χ2v) is 5.74. The number of para-hydroxylation sites is 1. The van der Waals surface area contributed by atoms with Gasteiger partial charge >= 0.3 is 6.03 Å². The fourth-order valence-electron chi connectivity index (χ4n) is 1.37.